The highest BCUT2D eigenvalue weighted by Crippen LogP contribution is 2.26. The Labute approximate surface area is 166 Å². The van der Waals surface area contributed by atoms with Crippen LogP contribution >= 0.6 is 11.6 Å². The molecule has 0 aliphatic rings. The fourth-order valence-electron chi connectivity index (χ4n) is 2.38. The Morgan fingerprint density at radius 2 is 1.74 bits per heavy atom. The van der Waals surface area contributed by atoms with Crippen molar-refractivity contribution in [3.8, 4) is 0 Å². The zero-order valence-electron chi connectivity index (χ0n) is 15.9. The Morgan fingerprint density at radius 3 is 2.30 bits per heavy atom. The highest BCUT2D eigenvalue weighted by atomic mass is 35.5. The van der Waals surface area contributed by atoms with Crippen molar-refractivity contribution in [1.29, 1.82) is 0 Å². The molecule has 0 radical (unpaired) electrons. The molecule has 0 spiro atoms. The van der Waals surface area contributed by atoms with Crippen LogP contribution in [-0.4, -0.2) is 26.9 Å². The zero-order chi connectivity index (χ0) is 20.2. The lowest BCUT2D eigenvalue weighted by Gasteiger charge is -2.26. The van der Waals surface area contributed by atoms with Gasteiger partial charge in [-0.3, -0.25) is 9.10 Å². The number of anilines is 1. The van der Waals surface area contributed by atoms with Crippen LogP contribution in [0.2, 0.25) is 5.02 Å². The summed E-state index contributed by atoms with van der Waals surface area (Å²) in [7, 11) is -3.92. The van der Waals surface area contributed by atoms with Crippen LogP contribution in [0.15, 0.2) is 53.4 Å². The molecule has 2 rings (SSSR count). The number of amides is 1. The van der Waals surface area contributed by atoms with Crippen LogP contribution in [-0.2, 0) is 14.8 Å². The third-order valence-electron chi connectivity index (χ3n) is 4.38. The molecule has 0 saturated heterocycles. The molecule has 0 aliphatic heterocycles. The van der Waals surface area contributed by atoms with Crippen molar-refractivity contribution in [2.75, 3.05) is 10.8 Å². The molecule has 1 N–H and O–H groups in total. The van der Waals surface area contributed by atoms with E-state index in [0.29, 0.717) is 10.7 Å². The van der Waals surface area contributed by atoms with Gasteiger partial charge in [0.15, 0.2) is 0 Å². The molecule has 27 heavy (non-hydrogen) atoms. The molecule has 0 bridgehead atoms. The minimum atomic E-state index is -3.92. The number of nitrogens with zero attached hydrogens (tertiary/aromatic N) is 1. The van der Waals surface area contributed by atoms with E-state index in [1.807, 2.05) is 27.7 Å². The van der Waals surface area contributed by atoms with E-state index in [9.17, 15) is 13.2 Å². The predicted octanol–water partition coefficient (Wildman–Crippen LogP) is 4.00. The van der Waals surface area contributed by atoms with E-state index in [1.165, 1.54) is 18.2 Å². The normalized spacial score (nSPS) is 12.7. The molecular formula is C20H25ClN2O3S. The smallest absolute Gasteiger partial charge is 0.264 e. The molecule has 1 atom stereocenters. The van der Waals surface area contributed by atoms with Gasteiger partial charge in [0.1, 0.15) is 6.54 Å². The van der Waals surface area contributed by atoms with Crippen LogP contribution in [0, 0.1) is 12.8 Å². The van der Waals surface area contributed by atoms with Crippen molar-refractivity contribution < 1.29 is 13.2 Å². The van der Waals surface area contributed by atoms with Gasteiger partial charge in [-0.1, -0.05) is 49.2 Å². The minimum absolute atomic E-state index is 0.0687. The Balaban J connectivity index is 2.41. The van der Waals surface area contributed by atoms with Gasteiger partial charge in [0.05, 0.1) is 10.6 Å². The van der Waals surface area contributed by atoms with Crippen molar-refractivity contribution in [2.45, 2.75) is 38.6 Å². The van der Waals surface area contributed by atoms with Crippen LogP contribution in [0.5, 0.6) is 0 Å². The number of rotatable bonds is 7. The van der Waals surface area contributed by atoms with Gasteiger partial charge < -0.3 is 5.32 Å². The summed E-state index contributed by atoms with van der Waals surface area (Å²) in [6, 6.07) is 12.9. The quantitative estimate of drug-likeness (QED) is 0.752. The maximum Gasteiger partial charge on any atom is 0.264 e. The first-order valence-electron chi connectivity index (χ1n) is 8.75. The number of carbonyl (C=O) groups excluding carboxylic acids is 1. The Morgan fingerprint density at radius 1 is 1.11 bits per heavy atom. The van der Waals surface area contributed by atoms with E-state index in [2.05, 4.69) is 5.32 Å². The second-order valence-electron chi connectivity index (χ2n) is 6.90. The van der Waals surface area contributed by atoms with Crippen LogP contribution in [0.4, 0.5) is 5.69 Å². The molecule has 7 heteroatoms. The molecule has 5 nitrogen and oxygen atoms in total. The standard InChI is InChI=1S/C20H25ClN2O3S/c1-14(2)16(4)22-20(24)13-23(18-7-5-6-17(21)12-18)27(25,26)19-10-8-15(3)9-11-19/h5-12,14,16H,13H2,1-4H3,(H,22,24)/t16-/m1/s1. The number of benzene rings is 2. The van der Waals surface area contributed by atoms with E-state index >= 15 is 0 Å². The summed E-state index contributed by atoms with van der Waals surface area (Å²) >= 11 is 6.05. The first-order chi connectivity index (χ1) is 12.6. The molecule has 0 fully saturated rings. The van der Waals surface area contributed by atoms with Gasteiger partial charge in [-0.05, 0) is 50.1 Å². The van der Waals surface area contributed by atoms with Gasteiger partial charge in [0, 0.05) is 11.1 Å². The lowest BCUT2D eigenvalue weighted by Crippen LogP contribution is -2.45. The van der Waals surface area contributed by atoms with Crippen molar-refractivity contribution in [2.24, 2.45) is 5.92 Å². The van der Waals surface area contributed by atoms with Crippen LogP contribution < -0.4 is 9.62 Å². The number of carbonyl (C=O) groups is 1. The van der Waals surface area contributed by atoms with Crippen molar-refractivity contribution in [1.82, 2.24) is 5.32 Å². The second kappa shape index (κ2) is 8.76. The average molecular weight is 409 g/mol. The van der Waals surface area contributed by atoms with E-state index in [0.717, 1.165) is 9.87 Å². The predicted molar refractivity (Wildman–Crippen MR) is 110 cm³/mol. The number of nitrogens with one attached hydrogen (secondary N) is 1. The SMILES string of the molecule is Cc1ccc(S(=O)(=O)N(CC(=O)N[C@H](C)C(C)C)c2cccc(Cl)c2)cc1. The summed E-state index contributed by atoms with van der Waals surface area (Å²) in [4.78, 5) is 12.6. The fraction of sp³-hybridized carbons (Fsp3) is 0.350. The van der Waals surface area contributed by atoms with Gasteiger partial charge in [0.25, 0.3) is 10.0 Å². The monoisotopic (exact) mass is 408 g/mol. The number of halogens is 1. The van der Waals surface area contributed by atoms with Crippen LogP contribution in [0.25, 0.3) is 0 Å². The zero-order valence-corrected chi connectivity index (χ0v) is 17.5. The molecule has 1 amide bonds. The molecule has 146 valence electrons. The maximum atomic E-state index is 13.2. The molecular weight excluding hydrogens is 384 g/mol. The maximum absolute atomic E-state index is 13.2. The summed E-state index contributed by atoms with van der Waals surface area (Å²) in [6.07, 6.45) is 0. The molecule has 2 aromatic rings. The molecule has 0 heterocycles. The first-order valence-corrected chi connectivity index (χ1v) is 10.6. The van der Waals surface area contributed by atoms with Crippen LogP contribution in [0.3, 0.4) is 0 Å². The molecule has 0 aliphatic carbocycles. The first kappa shape index (κ1) is 21.3. The highest BCUT2D eigenvalue weighted by molar-refractivity contribution is 7.92. The average Bonchev–Trinajstić information content (AvgIpc) is 2.59. The number of hydrogen-bond donors (Lipinski definition) is 1. The van der Waals surface area contributed by atoms with Crippen molar-refractivity contribution >= 4 is 33.2 Å². The van der Waals surface area contributed by atoms with Crippen molar-refractivity contribution in [3.05, 3.63) is 59.1 Å². The molecule has 0 saturated carbocycles. The van der Waals surface area contributed by atoms with E-state index < -0.39 is 10.0 Å². The topological polar surface area (TPSA) is 66.5 Å². The third kappa shape index (κ3) is 5.47. The fourth-order valence-corrected chi connectivity index (χ4v) is 3.98. The summed E-state index contributed by atoms with van der Waals surface area (Å²) in [5.41, 5.74) is 1.29. The van der Waals surface area contributed by atoms with E-state index in [4.69, 9.17) is 11.6 Å². The highest BCUT2D eigenvalue weighted by Gasteiger charge is 2.28. The van der Waals surface area contributed by atoms with Crippen LogP contribution in [0.1, 0.15) is 26.3 Å². The minimum Gasteiger partial charge on any atom is -0.352 e. The van der Waals surface area contributed by atoms with Gasteiger partial charge in [-0.2, -0.15) is 0 Å². The number of sulfonamides is 1. The Bertz CT molecular complexity index is 896. The summed E-state index contributed by atoms with van der Waals surface area (Å²) in [5, 5.41) is 3.24. The van der Waals surface area contributed by atoms with E-state index in [1.54, 1.807) is 30.3 Å². The Hall–Kier alpha value is -2.05. The summed E-state index contributed by atoms with van der Waals surface area (Å²) in [6.45, 7) is 7.42. The van der Waals surface area contributed by atoms with Gasteiger partial charge in [0.2, 0.25) is 5.91 Å². The third-order valence-corrected chi connectivity index (χ3v) is 6.40. The van der Waals surface area contributed by atoms with E-state index in [-0.39, 0.29) is 29.3 Å². The van der Waals surface area contributed by atoms with Gasteiger partial charge in [-0.15, -0.1) is 0 Å². The lowest BCUT2D eigenvalue weighted by molar-refractivity contribution is -0.120. The second-order valence-corrected chi connectivity index (χ2v) is 9.20. The lowest BCUT2D eigenvalue weighted by atomic mass is 10.1. The van der Waals surface area contributed by atoms with Gasteiger partial charge in [-0.25, -0.2) is 8.42 Å². The molecule has 0 unspecified atom stereocenters. The van der Waals surface area contributed by atoms with Crippen molar-refractivity contribution in [3.63, 3.8) is 0 Å². The largest absolute Gasteiger partial charge is 0.352 e. The number of hydrogen-bond acceptors (Lipinski definition) is 3. The van der Waals surface area contributed by atoms with Gasteiger partial charge >= 0.3 is 0 Å². The Kier molecular flexibility index (Phi) is 6.89. The number of aryl methyl sites for hydroxylation is 1. The molecule has 2 aromatic carbocycles. The summed E-state index contributed by atoms with van der Waals surface area (Å²) < 4.78 is 27.5. The summed E-state index contributed by atoms with van der Waals surface area (Å²) in [5.74, 6) is -0.130. The molecule has 0 aromatic heterocycles.